The van der Waals surface area contributed by atoms with E-state index in [1.165, 1.54) is 7.11 Å². The highest BCUT2D eigenvalue weighted by Gasteiger charge is 2.41. The van der Waals surface area contributed by atoms with Crippen molar-refractivity contribution in [2.75, 3.05) is 12.6 Å². The summed E-state index contributed by atoms with van der Waals surface area (Å²) in [7, 11) is -0.467. The van der Waals surface area contributed by atoms with Gasteiger partial charge < -0.3 is 0 Å². The highest BCUT2D eigenvalue weighted by Crippen LogP contribution is 2.41. The Morgan fingerprint density at radius 1 is 1.06 bits per heavy atom. The van der Waals surface area contributed by atoms with Crippen LogP contribution in [0, 0.1) is 29.7 Å². The fourth-order valence-electron chi connectivity index (χ4n) is 4.41. The maximum atomic E-state index is 9.39. The summed E-state index contributed by atoms with van der Waals surface area (Å²) in [5, 5.41) is 9.72. The molecule has 0 radical (unpaired) electrons. The van der Waals surface area contributed by atoms with Gasteiger partial charge in [-0.2, -0.15) is 5.26 Å². The van der Waals surface area contributed by atoms with Crippen LogP contribution in [0.4, 0.5) is 5.82 Å². The summed E-state index contributed by atoms with van der Waals surface area (Å²) in [5.41, 5.74) is 10.5. The molecule has 0 saturated carbocycles. The number of aromatic nitrogens is 2. The summed E-state index contributed by atoms with van der Waals surface area (Å²) < 4.78 is 0. The fraction of sp³-hybridized carbons (Fsp3) is 0.458. The standard InChI is InChI=1S/C24H31ClN4OSi/c1-15(2)31(16(3)4,17(5)6)13-12-21-22(25)24(29-30-8)28-23(27-21)20-11-9-10-19(14-26)18(20)7/h9-11,15-17H,1-8H3,(H,27,28,29). The molecule has 0 aliphatic carbocycles. The zero-order valence-electron chi connectivity index (χ0n) is 19.6. The Kier molecular flexibility index (Phi) is 8.25. The molecule has 2 aromatic rings. The van der Waals surface area contributed by atoms with E-state index in [4.69, 9.17) is 21.4 Å². The molecule has 1 heterocycles. The van der Waals surface area contributed by atoms with E-state index in [1.54, 1.807) is 6.07 Å². The van der Waals surface area contributed by atoms with Crippen molar-refractivity contribution < 1.29 is 4.84 Å². The lowest BCUT2D eigenvalue weighted by Gasteiger charge is -2.38. The lowest BCUT2D eigenvalue weighted by atomic mass is 10.0. The van der Waals surface area contributed by atoms with Gasteiger partial charge in [-0.1, -0.05) is 71.2 Å². The first kappa shape index (κ1) is 24.9. The number of hydrogen-bond acceptors (Lipinski definition) is 5. The highest BCUT2D eigenvalue weighted by atomic mass is 35.5. The van der Waals surface area contributed by atoms with Gasteiger partial charge >= 0.3 is 0 Å². The Hall–Kier alpha value is -2.38. The molecule has 7 heteroatoms. The van der Waals surface area contributed by atoms with Crippen molar-refractivity contribution in [1.29, 1.82) is 5.26 Å². The number of anilines is 1. The monoisotopic (exact) mass is 454 g/mol. The molecule has 1 aromatic carbocycles. The number of nitrogens with zero attached hydrogens (tertiary/aromatic N) is 3. The number of rotatable bonds is 6. The Bertz CT molecular complexity index is 1030. The van der Waals surface area contributed by atoms with Crippen molar-refractivity contribution in [3.05, 3.63) is 40.0 Å². The van der Waals surface area contributed by atoms with Crippen molar-refractivity contribution in [2.45, 2.75) is 65.1 Å². The van der Waals surface area contributed by atoms with Crippen molar-refractivity contribution in [3.8, 4) is 28.9 Å². The summed E-state index contributed by atoms with van der Waals surface area (Å²) in [6.45, 7) is 15.5. The van der Waals surface area contributed by atoms with Crippen LogP contribution in [-0.4, -0.2) is 25.2 Å². The van der Waals surface area contributed by atoms with Gasteiger partial charge in [0.25, 0.3) is 0 Å². The number of halogens is 1. The highest BCUT2D eigenvalue weighted by molar-refractivity contribution is 6.90. The van der Waals surface area contributed by atoms with Crippen LogP contribution in [0.15, 0.2) is 18.2 Å². The lowest BCUT2D eigenvalue weighted by Crippen LogP contribution is -2.43. The van der Waals surface area contributed by atoms with Gasteiger partial charge in [0.2, 0.25) is 0 Å². The Labute approximate surface area is 192 Å². The molecule has 2 rings (SSSR count). The van der Waals surface area contributed by atoms with Crippen LogP contribution in [0.1, 0.15) is 58.4 Å². The second kappa shape index (κ2) is 10.3. The van der Waals surface area contributed by atoms with E-state index in [1.807, 2.05) is 19.1 Å². The second-order valence-corrected chi connectivity index (χ2v) is 14.6. The van der Waals surface area contributed by atoms with Gasteiger partial charge in [0.15, 0.2) is 11.6 Å². The Morgan fingerprint density at radius 3 is 2.19 bits per heavy atom. The second-order valence-electron chi connectivity index (χ2n) is 8.60. The topological polar surface area (TPSA) is 70.8 Å². The van der Waals surface area contributed by atoms with Crippen LogP contribution in [0.2, 0.25) is 21.6 Å². The van der Waals surface area contributed by atoms with E-state index in [0.717, 1.165) is 11.1 Å². The molecule has 0 aliphatic rings. The largest absolute Gasteiger partial charge is 0.278 e. The van der Waals surface area contributed by atoms with Crippen LogP contribution in [0.5, 0.6) is 0 Å². The minimum Gasteiger partial charge on any atom is -0.278 e. The molecule has 31 heavy (non-hydrogen) atoms. The van der Waals surface area contributed by atoms with E-state index in [0.29, 0.717) is 44.5 Å². The molecule has 1 N–H and O–H groups in total. The first-order chi connectivity index (χ1) is 14.6. The van der Waals surface area contributed by atoms with Gasteiger partial charge in [-0.15, -0.1) is 5.54 Å². The quantitative estimate of drug-likeness (QED) is 0.305. The molecule has 5 nitrogen and oxygen atoms in total. The summed E-state index contributed by atoms with van der Waals surface area (Å²) in [6.07, 6.45) is 0. The Morgan fingerprint density at radius 2 is 1.68 bits per heavy atom. The molecule has 0 bridgehead atoms. The average Bonchev–Trinajstić information content (AvgIpc) is 2.70. The Balaban J connectivity index is 2.76. The summed E-state index contributed by atoms with van der Waals surface area (Å²) in [5.74, 6) is 4.13. The zero-order chi connectivity index (χ0) is 23.3. The van der Waals surface area contributed by atoms with Gasteiger partial charge in [-0.3, -0.25) is 4.84 Å². The minimum atomic E-state index is -1.97. The van der Waals surface area contributed by atoms with Gasteiger partial charge in [0.1, 0.15) is 18.8 Å². The van der Waals surface area contributed by atoms with Crippen LogP contribution >= 0.6 is 11.6 Å². The number of benzene rings is 1. The van der Waals surface area contributed by atoms with Crippen molar-refractivity contribution in [2.24, 2.45) is 0 Å². The van der Waals surface area contributed by atoms with Gasteiger partial charge in [0.05, 0.1) is 18.7 Å². The normalized spacial score (nSPS) is 11.5. The smallest absolute Gasteiger partial charge is 0.173 e. The van der Waals surface area contributed by atoms with Crippen LogP contribution in [-0.2, 0) is 4.84 Å². The third kappa shape index (κ3) is 4.93. The molecule has 0 atom stereocenters. The number of nitrogens with one attached hydrogen (secondary N) is 1. The van der Waals surface area contributed by atoms with Crippen molar-refractivity contribution >= 4 is 25.5 Å². The van der Waals surface area contributed by atoms with Crippen molar-refractivity contribution in [3.63, 3.8) is 0 Å². The van der Waals surface area contributed by atoms with E-state index < -0.39 is 8.07 Å². The van der Waals surface area contributed by atoms with E-state index in [-0.39, 0.29) is 0 Å². The van der Waals surface area contributed by atoms with Gasteiger partial charge in [-0.25, -0.2) is 15.4 Å². The molecule has 0 fully saturated rings. The lowest BCUT2D eigenvalue weighted by molar-refractivity contribution is 0.269. The summed E-state index contributed by atoms with van der Waals surface area (Å²) in [4.78, 5) is 14.3. The molecule has 0 saturated heterocycles. The summed E-state index contributed by atoms with van der Waals surface area (Å²) in [6, 6.07) is 7.70. The maximum Gasteiger partial charge on any atom is 0.173 e. The minimum absolute atomic E-state index is 0.325. The average molecular weight is 455 g/mol. The number of hydrogen-bond donors (Lipinski definition) is 1. The molecule has 1 aromatic heterocycles. The molecule has 0 aliphatic heterocycles. The van der Waals surface area contributed by atoms with Crippen LogP contribution in [0.25, 0.3) is 11.4 Å². The van der Waals surface area contributed by atoms with E-state index in [9.17, 15) is 5.26 Å². The predicted molar refractivity (Wildman–Crippen MR) is 130 cm³/mol. The van der Waals surface area contributed by atoms with E-state index >= 15 is 0 Å². The molecular weight excluding hydrogens is 424 g/mol. The molecule has 0 amide bonds. The van der Waals surface area contributed by atoms with Gasteiger partial charge in [0, 0.05) is 5.56 Å². The van der Waals surface area contributed by atoms with Gasteiger partial charge in [-0.05, 0) is 35.2 Å². The summed E-state index contributed by atoms with van der Waals surface area (Å²) >= 11 is 6.61. The fourth-order valence-corrected chi connectivity index (χ4v) is 9.79. The molecule has 164 valence electrons. The molecular formula is C24H31ClN4OSi. The van der Waals surface area contributed by atoms with Crippen molar-refractivity contribution in [1.82, 2.24) is 9.97 Å². The molecule has 0 spiro atoms. The molecule has 0 unspecified atom stereocenters. The predicted octanol–water partition coefficient (Wildman–Crippen LogP) is 6.52. The van der Waals surface area contributed by atoms with Crippen LogP contribution in [0.3, 0.4) is 0 Å². The third-order valence-electron chi connectivity index (χ3n) is 6.01. The third-order valence-corrected chi connectivity index (χ3v) is 12.7. The maximum absolute atomic E-state index is 9.39. The van der Waals surface area contributed by atoms with Crippen LogP contribution < -0.4 is 5.48 Å². The first-order valence-electron chi connectivity index (χ1n) is 10.5. The first-order valence-corrected chi connectivity index (χ1v) is 13.1. The van der Waals surface area contributed by atoms with E-state index in [2.05, 4.69) is 69.5 Å². The number of nitriles is 1. The SMILES string of the molecule is CONc1nc(-c2cccc(C#N)c2C)nc(C#C[Si](C(C)C)(C(C)C)C(C)C)c1Cl. The zero-order valence-corrected chi connectivity index (χ0v) is 21.3.